The lowest BCUT2D eigenvalue weighted by atomic mass is 10.1. The number of unbranched alkanes of at least 4 members (excludes halogenated alkanes) is 1. The topological polar surface area (TPSA) is 58.4 Å². The van der Waals surface area contributed by atoms with Gasteiger partial charge in [0, 0.05) is 24.8 Å². The Morgan fingerprint density at radius 3 is 2.75 bits per heavy atom. The summed E-state index contributed by atoms with van der Waals surface area (Å²) < 4.78 is 0. The molecule has 0 aliphatic heterocycles. The molecule has 1 saturated carbocycles. The van der Waals surface area contributed by atoms with Crippen molar-refractivity contribution in [3.8, 4) is 0 Å². The summed E-state index contributed by atoms with van der Waals surface area (Å²) in [6.45, 7) is 5.76. The van der Waals surface area contributed by atoms with Gasteiger partial charge >= 0.3 is 0 Å². The van der Waals surface area contributed by atoms with Crippen LogP contribution in [0.3, 0.4) is 0 Å². The van der Waals surface area contributed by atoms with E-state index in [0.717, 1.165) is 36.3 Å². The van der Waals surface area contributed by atoms with E-state index in [1.165, 1.54) is 12.8 Å². The van der Waals surface area contributed by atoms with Gasteiger partial charge in [-0.15, -0.1) is 0 Å². The molecule has 110 valence electrons. The van der Waals surface area contributed by atoms with Crippen molar-refractivity contribution < 1.29 is 4.79 Å². The van der Waals surface area contributed by atoms with E-state index < -0.39 is 0 Å². The molecule has 0 bridgehead atoms. The molecule has 1 aromatic rings. The van der Waals surface area contributed by atoms with Gasteiger partial charge in [-0.3, -0.25) is 4.79 Å². The first kappa shape index (κ1) is 14.7. The number of carbonyl (C=O) groups is 1. The zero-order chi connectivity index (χ0) is 14.5. The Morgan fingerprint density at radius 1 is 1.40 bits per heavy atom. The summed E-state index contributed by atoms with van der Waals surface area (Å²) >= 11 is 0. The lowest BCUT2D eigenvalue weighted by molar-refractivity contribution is 0.0956. The second kappa shape index (κ2) is 6.64. The largest absolute Gasteiger partial charge is 0.399 e. The Hall–Kier alpha value is -1.71. The molecule has 0 atom stereocenters. The van der Waals surface area contributed by atoms with E-state index in [1.807, 2.05) is 19.1 Å². The van der Waals surface area contributed by atoms with Crippen molar-refractivity contribution in [1.29, 1.82) is 0 Å². The molecule has 1 aromatic carbocycles. The molecule has 0 radical (unpaired) electrons. The Labute approximate surface area is 121 Å². The fraction of sp³-hybridized carbons (Fsp3) is 0.562. The molecule has 0 saturated heterocycles. The normalized spacial score (nSPS) is 14.1. The highest BCUT2D eigenvalue weighted by molar-refractivity contribution is 6.00. The van der Waals surface area contributed by atoms with Crippen LogP contribution in [-0.2, 0) is 0 Å². The van der Waals surface area contributed by atoms with Gasteiger partial charge in [-0.25, -0.2) is 0 Å². The van der Waals surface area contributed by atoms with Gasteiger partial charge < -0.3 is 16.0 Å². The summed E-state index contributed by atoms with van der Waals surface area (Å²) in [5, 5.41) is 2.89. The Morgan fingerprint density at radius 2 is 2.15 bits per heavy atom. The highest BCUT2D eigenvalue weighted by atomic mass is 16.1. The number of hydrogen-bond donors (Lipinski definition) is 2. The zero-order valence-electron chi connectivity index (χ0n) is 12.5. The molecule has 0 heterocycles. The smallest absolute Gasteiger partial charge is 0.253 e. The third-order valence-corrected chi connectivity index (χ3v) is 3.65. The van der Waals surface area contributed by atoms with Crippen LogP contribution in [-0.4, -0.2) is 25.0 Å². The third kappa shape index (κ3) is 3.44. The molecule has 1 fully saturated rings. The summed E-state index contributed by atoms with van der Waals surface area (Å²) in [6.07, 6.45) is 4.73. The van der Waals surface area contributed by atoms with Crippen LogP contribution in [0.15, 0.2) is 18.2 Å². The van der Waals surface area contributed by atoms with Crippen LogP contribution in [0.1, 0.15) is 49.9 Å². The molecule has 1 amide bonds. The number of nitrogens with one attached hydrogen (secondary N) is 1. The summed E-state index contributed by atoms with van der Waals surface area (Å²) in [7, 11) is 0. The van der Waals surface area contributed by atoms with Crippen molar-refractivity contribution in [1.82, 2.24) is 5.32 Å². The van der Waals surface area contributed by atoms with E-state index in [9.17, 15) is 4.79 Å². The summed E-state index contributed by atoms with van der Waals surface area (Å²) in [5.41, 5.74) is 8.38. The first-order valence-electron chi connectivity index (χ1n) is 7.61. The fourth-order valence-corrected chi connectivity index (χ4v) is 2.45. The molecule has 1 aliphatic rings. The van der Waals surface area contributed by atoms with Crippen LogP contribution in [0.5, 0.6) is 0 Å². The summed E-state index contributed by atoms with van der Waals surface area (Å²) in [5.74, 6) is -0.00958. The average molecular weight is 275 g/mol. The standard InChI is InChI=1S/C16H25N3O/c1-3-5-10-19(13-7-8-13)15-11-12(17)6-9-14(15)16(20)18-4-2/h6,9,11,13H,3-5,7-8,10,17H2,1-2H3,(H,18,20). The minimum atomic E-state index is -0.00958. The van der Waals surface area contributed by atoms with Crippen LogP contribution in [0.2, 0.25) is 0 Å². The quantitative estimate of drug-likeness (QED) is 0.752. The van der Waals surface area contributed by atoms with Crippen molar-refractivity contribution in [3.63, 3.8) is 0 Å². The van der Waals surface area contributed by atoms with Gasteiger partial charge in [-0.2, -0.15) is 0 Å². The Balaban J connectivity index is 2.30. The van der Waals surface area contributed by atoms with Gasteiger partial charge in [0.2, 0.25) is 0 Å². The number of hydrogen-bond acceptors (Lipinski definition) is 3. The van der Waals surface area contributed by atoms with E-state index >= 15 is 0 Å². The number of nitrogen functional groups attached to an aromatic ring is 1. The lowest BCUT2D eigenvalue weighted by Crippen LogP contribution is -2.31. The summed E-state index contributed by atoms with van der Waals surface area (Å²) in [4.78, 5) is 14.6. The molecular weight excluding hydrogens is 250 g/mol. The minimum absolute atomic E-state index is 0.00958. The van der Waals surface area contributed by atoms with E-state index in [4.69, 9.17) is 5.73 Å². The van der Waals surface area contributed by atoms with Crippen LogP contribution < -0.4 is 16.0 Å². The molecule has 4 heteroatoms. The van der Waals surface area contributed by atoms with E-state index in [1.54, 1.807) is 6.07 Å². The molecule has 20 heavy (non-hydrogen) atoms. The summed E-state index contributed by atoms with van der Waals surface area (Å²) in [6, 6.07) is 6.17. The predicted molar refractivity (Wildman–Crippen MR) is 84.1 cm³/mol. The van der Waals surface area contributed by atoms with Crippen molar-refractivity contribution in [3.05, 3.63) is 23.8 Å². The van der Waals surface area contributed by atoms with Gasteiger partial charge in [0.05, 0.1) is 11.3 Å². The maximum absolute atomic E-state index is 12.2. The van der Waals surface area contributed by atoms with Crippen molar-refractivity contribution in [2.45, 2.75) is 45.6 Å². The maximum atomic E-state index is 12.2. The van der Waals surface area contributed by atoms with Gasteiger partial charge in [-0.05, 0) is 44.4 Å². The number of carbonyl (C=O) groups excluding carboxylic acids is 1. The average Bonchev–Trinajstić information content (AvgIpc) is 3.24. The molecule has 0 aromatic heterocycles. The van der Waals surface area contributed by atoms with Crippen LogP contribution >= 0.6 is 0 Å². The Bertz CT molecular complexity index is 469. The molecule has 1 aliphatic carbocycles. The van der Waals surface area contributed by atoms with Gasteiger partial charge in [0.25, 0.3) is 5.91 Å². The number of benzene rings is 1. The highest BCUT2D eigenvalue weighted by Gasteiger charge is 2.31. The molecule has 0 unspecified atom stereocenters. The molecule has 4 nitrogen and oxygen atoms in total. The molecule has 0 spiro atoms. The zero-order valence-corrected chi connectivity index (χ0v) is 12.5. The monoisotopic (exact) mass is 275 g/mol. The van der Waals surface area contributed by atoms with Crippen molar-refractivity contribution >= 4 is 17.3 Å². The van der Waals surface area contributed by atoms with Gasteiger partial charge in [-0.1, -0.05) is 13.3 Å². The predicted octanol–water partition coefficient (Wildman–Crippen LogP) is 2.79. The van der Waals surface area contributed by atoms with Crippen LogP contribution in [0.25, 0.3) is 0 Å². The van der Waals surface area contributed by atoms with Crippen molar-refractivity contribution in [2.24, 2.45) is 0 Å². The molecule has 2 rings (SSSR count). The number of anilines is 2. The Kier molecular flexibility index (Phi) is 4.88. The van der Waals surface area contributed by atoms with Crippen molar-refractivity contribution in [2.75, 3.05) is 23.7 Å². The maximum Gasteiger partial charge on any atom is 0.253 e. The van der Waals surface area contributed by atoms with E-state index in [-0.39, 0.29) is 5.91 Å². The molecular formula is C16H25N3O. The lowest BCUT2D eigenvalue weighted by Gasteiger charge is -2.27. The number of amides is 1. The highest BCUT2D eigenvalue weighted by Crippen LogP contribution is 2.35. The second-order valence-electron chi connectivity index (χ2n) is 5.41. The fourth-order valence-electron chi connectivity index (χ4n) is 2.45. The van der Waals surface area contributed by atoms with E-state index in [2.05, 4.69) is 17.1 Å². The molecule has 3 N–H and O–H groups in total. The minimum Gasteiger partial charge on any atom is -0.399 e. The SMILES string of the molecule is CCCCN(c1cc(N)ccc1C(=O)NCC)C1CC1. The number of nitrogens with two attached hydrogens (primary N) is 1. The first-order valence-corrected chi connectivity index (χ1v) is 7.61. The van der Waals surface area contributed by atoms with E-state index in [0.29, 0.717) is 12.6 Å². The third-order valence-electron chi connectivity index (χ3n) is 3.65. The van der Waals surface area contributed by atoms with Crippen LogP contribution in [0, 0.1) is 0 Å². The van der Waals surface area contributed by atoms with Gasteiger partial charge in [0.15, 0.2) is 0 Å². The van der Waals surface area contributed by atoms with Crippen LogP contribution in [0.4, 0.5) is 11.4 Å². The second-order valence-corrected chi connectivity index (χ2v) is 5.41. The van der Waals surface area contributed by atoms with Gasteiger partial charge in [0.1, 0.15) is 0 Å². The number of rotatable bonds is 7. The number of nitrogens with zero attached hydrogens (tertiary/aromatic N) is 1. The first-order chi connectivity index (χ1) is 9.67.